The van der Waals surface area contributed by atoms with Crippen LogP contribution in [0.15, 0.2) is 22.7 Å². The SMILES string of the molecule is COCCN(C)CCNC(=O)c1ccc(Cl)cc1Br. The van der Waals surface area contributed by atoms with Crippen LogP contribution in [-0.4, -0.2) is 51.2 Å². The number of ether oxygens (including phenoxy) is 1. The fraction of sp³-hybridized carbons (Fsp3) is 0.462. The topological polar surface area (TPSA) is 41.6 Å². The zero-order valence-corrected chi connectivity index (χ0v) is 13.4. The second kappa shape index (κ2) is 8.53. The lowest BCUT2D eigenvalue weighted by molar-refractivity contribution is 0.0947. The number of carbonyl (C=O) groups excluding carboxylic acids is 1. The van der Waals surface area contributed by atoms with Crippen LogP contribution in [0.4, 0.5) is 0 Å². The third-order valence-electron chi connectivity index (χ3n) is 2.63. The molecule has 0 unspecified atom stereocenters. The highest BCUT2D eigenvalue weighted by Crippen LogP contribution is 2.21. The smallest absolute Gasteiger partial charge is 0.252 e. The molecule has 0 aliphatic heterocycles. The number of rotatable bonds is 7. The number of hydrogen-bond donors (Lipinski definition) is 1. The third kappa shape index (κ3) is 5.91. The Kier molecular flexibility index (Phi) is 7.38. The van der Waals surface area contributed by atoms with Crippen LogP contribution in [0, 0.1) is 0 Å². The number of carbonyl (C=O) groups is 1. The van der Waals surface area contributed by atoms with E-state index in [1.807, 2.05) is 7.05 Å². The molecule has 0 aromatic heterocycles. The summed E-state index contributed by atoms with van der Waals surface area (Å²) in [4.78, 5) is 14.0. The van der Waals surface area contributed by atoms with Crippen molar-refractivity contribution in [1.82, 2.24) is 10.2 Å². The van der Waals surface area contributed by atoms with E-state index in [0.29, 0.717) is 28.2 Å². The van der Waals surface area contributed by atoms with Crippen LogP contribution >= 0.6 is 27.5 Å². The van der Waals surface area contributed by atoms with E-state index >= 15 is 0 Å². The van der Waals surface area contributed by atoms with Crippen molar-refractivity contribution < 1.29 is 9.53 Å². The first-order chi connectivity index (χ1) is 9.04. The minimum absolute atomic E-state index is 0.108. The van der Waals surface area contributed by atoms with Crippen LogP contribution in [0.3, 0.4) is 0 Å². The number of benzene rings is 1. The van der Waals surface area contributed by atoms with Crippen LogP contribution in [0.2, 0.25) is 5.02 Å². The van der Waals surface area contributed by atoms with Gasteiger partial charge in [-0.1, -0.05) is 11.6 Å². The van der Waals surface area contributed by atoms with Crippen LogP contribution < -0.4 is 5.32 Å². The van der Waals surface area contributed by atoms with Crippen molar-refractivity contribution in [1.29, 1.82) is 0 Å². The quantitative estimate of drug-likeness (QED) is 0.822. The summed E-state index contributed by atoms with van der Waals surface area (Å²) in [5, 5.41) is 3.47. The van der Waals surface area contributed by atoms with Gasteiger partial charge in [-0.3, -0.25) is 4.79 Å². The highest BCUT2D eigenvalue weighted by Gasteiger charge is 2.09. The first kappa shape index (κ1) is 16.4. The highest BCUT2D eigenvalue weighted by molar-refractivity contribution is 9.10. The maximum absolute atomic E-state index is 11.9. The van der Waals surface area contributed by atoms with Gasteiger partial charge in [0, 0.05) is 36.2 Å². The predicted octanol–water partition coefficient (Wildman–Crippen LogP) is 2.41. The van der Waals surface area contributed by atoms with Crippen LogP contribution in [0.5, 0.6) is 0 Å². The Balaban J connectivity index is 2.39. The molecule has 1 aromatic carbocycles. The second-order valence-electron chi connectivity index (χ2n) is 4.18. The van der Waals surface area contributed by atoms with Crippen molar-refractivity contribution in [3.8, 4) is 0 Å². The molecule has 0 aliphatic carbocycles. The van der Waals surface area contributed by atoms with Gasteiger partial charge in [-0.15, -0.1) is 0 Å². The summed E-state index contributed by atoms with van der Waals surface area (Å²) in [5.41, 5.74) is 0.587. The number of nitrogens with one attached hydrogen (secondary N) is 1. The maximum atomic E-state index is 11.9. The lowest BCUT2D eigenvalue weighted by Gasteiger charge is -2.16. The predicted molar refractivity (Wildman–Crippen MR) is 80.9 cm³/mol. The van der Waals surface area contributed by atoms with E-state index in [4.69, 9.17) is 16.3 Å². The molecule has 0 radical (unpaired) electrons. The first-order valence-corrected chi connectivity index (χ1v) is 7.12. The van der Waals surface area contributed by atoms with Gasteiger partial charge in [0.25, 0.3) is 5.91 Å². The highest BCUT2D eigenvalue weighted by atomic mass is 79.9. The molecule has 106 valence electrons. The van der Waals surface area contributed by atoms with Gasteiger partial charge in [-0.2, -0.15) is 0 Å². The molecule has 1 aromatic rings. The minimum atomic E-state index is -0.108. The largest absolute Gasteiger partial charge is 0.383 e. The summed E-state index contributed by atoms with van der Waals surface area (Å²) in [6.45, 7) is 2.90. The van der Waals surface area contributed by atoms with E-state index < -0.39 is 0 Å². The molecular weight excluding hydrogens is 332 g/mol. The normalized spacial score (nSPS) is 10.8. The third-order valence-corrected chi connectivity index (χ3v) is 3.52. The van der Waals surface area contributed by atoms with Gasteiger partial charge >= 0.3 is 0 Å². The number of halogens is 2. The number of nitrogens with zero attached hydrogens (tertiary/aromatic N) is 1. The van der Waals surface area contributed by atoms with E-state index in [1.165, 1.54) is 0 Å². The molecule has 19 heavy (non-hydrogen) atoms. The summed E-state index contributed by atoms with van der Waals surface area (Å²) in [7, 11) is 3.66. The lowest BCUT2D eigenvalue weighted by atomic mass is 10.2. The van der Waals surface area contributed by atoms with Gasteiger partial charge in [-0.25, -0.2) is 0 Å². The molecule has 0 heterocycles. The molecule has 1 amide bonds. The molecule has 0 atom stereocenters. The van der Waals surface area contributed by atoms with Gasteiger partial charge in [0.15, 0.2) is 0 Å². The summed E-state index contributed by atoms with van der Waals surface area (Å²) >= 11 is 9.17. The molecule has 0 saturated carbocycles. The standard InChI is InChI=1S/C13H18BrClN2O2/c1-17(7-8-19-2)6-5-16-13(18)11-4-3-10(15)9-12(11)14/h3-4,9H,5-8H2,1-2H3,(H,16,18). The molecule has 0 spiro atoms. The maximum Gasteiger partial charge on any atom is 0.252 e. The average molecular weight is 350 g/mol. The van der Waals surface area contributed by atoms with Crippen molar-refractivity contribution in [2.75, 3.05) is 40.4 Å². The van der Waals surface area contributed by atoms with E-state index in [0.717, 1.165) is 13.1 Å². The fourth-order valence-corrected chi connectivity index (χ4v) is 2.35. The Labute approximate surface area is 127 Å². The molecule has 0 aliphatic rings. The average Bonchev–Trinajstić information content (AvgIpc) is 2.36. The Hall–Kier alpha value is -0.620. The second-order valence-corrected chi connectivity index (χ2v) is 5.47. The molecule has 0 bridgehead atoms. The van der Waals surface area contributed by atoms with Gasteiger partial charge in [-0.05, 0) is 41.2 Å². The molecule has 0 saturated heterocycles. The number of amides is 1. The summed E-state index contributed by atoms with van der Waals surface area (Å²) in [6.07, 6.45) is 0. The Morgan fingerprint density at radius 3 is 2.84 bits per heavy atom. The van der Waals surface area contributed by atoms with E-state index in [2.05, 4.69) is 26.1 Å². The summed E-state index contributed by atoms with van der Waals surface area (Å²) < 4.78 is 5.69. The summed E-state index contributed by atoms with van der Waals surface area (Å²) in [6, 6.07) is 5.11. The molecule has 1 rings (SSSR count). The van der Waals surface area contributed by atoms with Crippen LogP contribution in [-0.2, 0) is 4.74 Å². The molecule has 1 N–H and O–H groups in total. The van der Waals surface area contributed by atoms with Crippen molar-refractivity contribution in [3.63, 3.8) is 0 Å². The van der Waals surface area contributed by atoms with Crippen LogP contribution in [0.1, 0.15) is 10.4 Å². The first-order valence-electron chi connectivity index (χ1n) is 5.95. The van der Waals surface area contributed by atoms with Gasteiger partial charge in [0.2, 0.25) is 0 Å². The van der Waals surface area contributed by atoms with Crippen molar-refractivity contribution in [2.24, 2.45) is 0 Å². The van der Waals surface area contributed by atoms with Crippen molar-refractivity contribution in [3.05, 3.63) is 33.3 Å². The van der Waals surface area contributed by atoms with E-state index in [-0.39, 0.29) is 5.91 Å². The van der Waals surface area contributed by atoms with Crippen molar-refractivity contribution >= 4 is 33.4 Å². The molecule has 6 heteroatoms. The zero-order chi connectivity index (χ0) is 14.3. The van der Waals surface area contributed by atoms with Gasteiger partial charge in [0.1, 0.15) is 0 Å². The Bertz CT molecular complexity index is 429. The van der Waals surface area contributed by atoms with E-state index in [1.54, 1.807) is 25.3 Å². The zero-order valence-electron chi connectivity index (χ0n) is 11.1. The Morgan fingerprint density at radius 1 is 1.47 bits per heavy atom. The van der Waals surface area contributed by atoms with Gasteiger partial charge in [0.05, 0.1) is 12.2 Å². The van der Waals surface area contributed by atoms with E-state index in [9.17, 15) is 4.79 Å². The molecular formula is C13H18BrClN2O2. The number of methoxy groups -OCH3 is 1. The Morgan fingerprint density at radius 2 is 2.21 bits per heavy atom. The van der Waals surface area contributed by atoms with Crippen molar-refractivity contribution in [2.45, 2.75) is 0 Å². The number of hydrogen-bond acceptors (Lipinski definition) is 3. The lowest BCUT2D eigenvalue weighted by Crippen LogP contribution is -2.34. The van der Waals surface area contributed by atoms with Crippen LogP contribution in [0.25, 0.3) is 0 Å². The fourth-order valence-electron chi connectivity index (χ4n) is 1.49. The molecule has 0 fully saturated rings. The number of likely N-dealkylation sites (N-methyl/N-ethyl adjacent to an activating group) is 1. The summed E-state index contributed by atoms with van der Waals surface area (Å²) in [5.74, 6) is -0.108. The van der Waals surface area contributed by atoms with Gasteiger partial charge < -0.3 is 15.0 Å². The minimum Gasteiger partial charge on any atom is -0.383 e. The monoisotopic (exact) mass is 348 g/mol. The molecule has 4 nitrogen and oxygen atoms in total.